The lowest BCUT2D eigenvalue weighted by atomic mass is 10.2. The lowest BCUT2D eigenvalue weighted by Gasteiger charge is -2.04. The van der Waals surface area contributed by atoms with Crippen LogP contribution in [0.25, 0.3) is 10.9 Å². The highest BCUT2D eigenvalue weighted by atomic mass is 32.2. The van der Waals surface area contributed by atoms with E-state index in [4.69, 9.17) is 5.73 Å². The third-order valence-corrected chi connectivity index (χ3v) is 3.14. The first-order valence-corrected chi connectivity index (χ1v) is 5.67. The van der Waals surface area contributed by atoms with E-state index in [2.05, 4.69) is 22.9 Å². The zero-order valence-electron chi connectivity index (χ0n) is 8.32. The zero-order chi connectivity index (χ0) is 10.1. The molecule has 0 aliphatic heterocycles. The second-order valence-electron chi connectivity index (χ2n) is 3.24. The summed E-state index contributed by atoms with van der Waals surface area (Å²) in [7, 11) is 2.04. The molecule has 1 heterocycles. The van der Waals surface area contributed by atoms with Crippen molar-refractivity contribution in [3.8, 4) is 0 Å². The molecule has 0 saturated heterocycles. The zero-order valence-corrected chi connectivity index (χ0v) is 9.14. The summed E-state index contributed by atoms with van der Waals surface area (Å²) in [6.07, 6.45) is 4.11. The number of anilines is 1. The van der Waals surface area contributed by atoms with Gasteiger partial charge in [-0.15, -0.1) is 11.8 Å². The monoisotopic (exact) mass is 205 g/mol. The topological polar surface area (TPSA) is 29.9 Å². The number of pyridine rings is 1. The first-order valence-electron chi connectivity index (χ1n) is 4.45. The molecular formula is C11H13N2S+. The highest BCUT2D eigenvalue weighted by Crippen LogP contribution is 2.27. The van der Waals surface area contributed by atoms with E-state index in [1.54, 1.807) is 11.8 Å². The summed E-state index contributed by atoms with van der Waals surface area (Å²) in [4.78, 5) is 1.13. The van der Waals surface area contributed by atoms with Crippen LogP contribution in [0.15, 0.2) is 35.4 Å². The van der Waals surface area contributed by atoms with Crippen LogP contribution in [-0.2, 0) is 7.05 Å². The van der Waals surface area contributed by atoms with Crippen LogP contribution < -0.4 is 10.3 Å². The fourth-order valence-electron chi connectivity index (χ4n) is 1.62. The second kappa shape index (κ2) is 3.50. The van der Waals surface area contributed by atoms with Gasteiger partial charge in [0.15, 0.2) is 6.20 Å². The van der Waals surface area contributed by atoms with Gasteiger partial charge in [-0.1, -0.05) is 12.1 Å². The molecule has 0 saturated carbocycles. The van der Waals surface area contributed by atoms with Crippen LogP contribution in [0.1, 0.15) is 0 Å². The van der Waals surface area contributed by atoms with Crippen molar-refractivity contribution in [3.63, 3.8) is 0 Å². The van der Waals surface area contributed by atoms with Crippen molar-refractivity contribution in [1.82, 2.24) is 0 Å². The van der Waals surface area contributed by atoms with Crippen LogP contribution in [0.3, 0.4) is 0 Å². The van der Waals surface area contributed by atoms with Gasteiger partial charge in [0, 0.05) is 6.07 Å². The fourth-order valence-corrected chi connectivity index (χ4v) is 2.21. The summed E-state index contributed by atoms with van der Waals surface area (Å²) in [6.45, 7) is 0. The number of nitrogens with zero attached hydrogens (tertiary/aromatic N) is 1. The molecule has 2 nitrogen and oxygen atoms in total. The van der Waals surface area contributed by atoms with Gasteiger partial charge < -0.3 is 5.73 Å². The minimum absolute atomic E-state index is 0.881. The molecule has 2 aromatic rings. The molecule has 0 fully saturated rings. The predicted octanol–water partition coefficient (Wildman–Crippen LogP) is 1.97. The molecule has 0 aliphatic carbocycles. The number of thioether (sulfide) groups is 1. The molecule has 2 N–H and O–H groups in total. The van der Waals surface area contributed by atoms with E-state index in [-0.39, 0.29) is 0 Å². The first-order chi connectivity index (χ1) is 6.74. The summed E-state index contributed by atoms with van der Waals surface area (Å²) in [5.41, 5.74) is 8.11. The molecule has 14 heavy (non-hydrogen) atoms. The number of hydrogen-bond donors (Lipinski definition) is 1. The highest BCUT2D eigenvalue weighted by Gasteiger charge is 2.11. The van der Waals surface area contributed by atoms with E-state index >= 15 is 0 Å². The minimum atomic E-state index is 0.881. The molecule has 72 valence electrons. The van der Waals surface area contributed by atoms with Crippen molar-refractivity contribution >= 4 is 28.4 Å². The van der Waals surface area contributed by atoms with Crippen LogP contribution in [-0.4, -0.2) is 6.26 Å². The molecule has 2 rings (SSSR count). The number of aryl methyl sites for hydroxylation is 1. The van der Waals surface area contributed by atoms with E-state index in [0.29, 0.717) is 0 Å². The van der Waals surface area contributed by atoms with Crippen LogP contribution >= 0.6 is 11.8 Å². The normalized spacial score (nSPS) is 10.7. The second-order valence-corrected chi connectivity index (χ2v) is 4.09. The Morgan fingerprint density at radius 2 is 2.00 bits per heavy atom. The number of nitrogens with two attached hydrogens (primary N) is 1. The van der Waals surface area contributed by atoms with E-state index < -0.39 is 0 Å². The molecular weight excluding hydrogens is 192 g/mol. The quantitative estimate of drug-likeness (QED) is 0.570. The SMILES string of the molecule is CSc1c[n+](C)c2ccccc2c1N. The lowest BCUT2D eigenvalue weighted by molar-refractivity contribution is -0.646. The molecule has 1 aromatic heterocycles. The average Bonchev–Trinajstić information content (AvgIpc) is 2.23. The molecule has 1 aromatic carbocycles. The van der Waals surface area contributed by atoms with Crippen molar-refractivity contribution in [2.45, 2.75) is 4.90 Å². The van der Waals surface area contributed by atoms with E-state index in [1.807, 2.05) is 25.4 Å². The molecule has 0 spiro atoms. The maximum atomic E-state index is 6.06. The maximum absolute atomic E-state index is 6.06. The van der Waals surface area contributed by atoms with Gasteiger partial charge in [0.2, 0.25) is 5.52 Å². The summed E-state index contributed by atoms with van der Waals surface area (Å²) in [6, 6.07) is 8.18. The molecule has 3 heteroatoms. The molecule has 0 bridgehead atoms. The van der Waals surface area contributed by atoms with Crippen molar-refractivity contribution in [2.75, 3.05) is 12.0 Å². The summed E-state index contributed by atoms with van der Waals surface area (Å²) >= 11 is 1.68. The number of rotatable bonds is 1. The van der Waals surface area contributed by atoms with E-state index in [1.165, 1.54) is 5.52 Å². The molecule has 0 amide bonds. The van der Waals surface area contributed by atoms with Crippen LogP contribution in [0, 0.1) is 0 Å². The van der Waals surface area contributed by atoms with Gasteiger partial charge in [0.1, 0.15) is 7.05 Å². The van der Waals surface area contributed by atoms with Crippen molar-refractivity contribution in [3.05, 3.63) is 30.5 Å². The van der Waals surface area contributed by atoms with Crippen molar-refractivity contribution < 1.29 is 4.57 Å². The van der Waals surface area contributed by atoms with Crippen molar-refractivity contribution in [2.24, 2.45) is 7.05 Å². The fraction of sp³-hybridized carbons (Fsp3) is 0.182. The van der Waals surface area contributed by atoms with E-state index in [0.717, 1.165) is 16.0 Å². The summed E-state index contributed by atoms with van der Waals surface area (Å²) < 4.78 is 2.11. The Labute approximate surface area is 87.7 Å². The van der Waals surface area contributed by atoms with Crippen LogP contribution in [0.5, 0.6) is 0 Å². The largest absolute Gasteiger partial charge is 0.397 e. The molecule has 0 radical (unpaired) electrons. The van der Waals surface area contributed by atoms with Crippen LogP contribution in [0.2, 0.25) is 0 Å². The van der Waals surface area contributed by atoms with Crippen molar-refractivity contribution in [1.29, 1.82) is 0 Å². The van der Waals surface area contributed by atoms with Crippen LogP contribution in [0.4, 0.5) is 5.69 Å². The summed E-state index contributed by atoms with van der Waals surface area (Å²) in [5, 5.41) is 1.13. The average molecular weight is 205 g/mol. The Bertz CT molecular complexity index is 480. The number of benzene rings is 1. The number of para-hydroxylation sites is 1. The number of nitrogen functional groups attached to an aromatic ring is 1. The standard InChI is InChI=1S/C11H12N2S/c1-13-7-10(14-2)11(12)8-5-3-4-6-9(8)13/h3-7,12H,1-2H3/p+1. The van der Waals surface area contributed by atoms with Gasteiger partial charge in [0.05, 0.1) is 16.0 Å². The Hall–Kier alpha value is -1.22. The Kier molecular flexibility index (Phi) is 2.33. The number of aromatic nitrogens is 1. The van der Waals surface area contributed by atoms with Gasteiger partial charge in [-0.05, 0) is 12.3 Å². The third kappa shape index (κ3) is 1.34. The van der Waals surface area contributed by atoms with Gasteiger partial charge in [-0.2, -0.15) is 4.57 Å². The lowest BCUT2D eigenvalue weighted by Crippen LogP contribution is -2.29. The van der Waals surface area contributed by atoms with Gasteiger partial charge in [-0.3, -0.25) is 0 Å². The first kappa shape index (κ1) is 9.34. The number of hydrogen-bond acceptors (Lipinski definition) is 2. The third-order valence-electron chi connectivity index (χ3n) is 2.37. The van der Waals surface area contributed by atoms with Gasteiger partial charge >= 0.3 is 0 Å². The Balaban J connectivity index is 2.87. The van der Waals surface area contributed by atoms with Gasteiger partial charge in [-0.25, -0.2) is 0 Å². The molecule has 0 atom stereocenters. The predicted molar refractivity (Wildman–Crippen MR) is 61.3 cm³/mol. The molecule has 0 unspecified atom stereocenters. The maximum Gasteiger partial charge on any atom is 0.214 e. The van der Waals surface area contributed by atoms with E-state index in [9.17, 15) is 0 Å². The smallest absolute Gasteiger partial charge is 0.214 e. The highest BCUT2D eigenvalue weighted by molar-refractivity contribution is 7.98. The summed E-state index contributed by atoms with van der Waals surface area (Å²) in [5.74, 6) is 0. The Morgan fingerprint density at radius 3 is 2.71 bits per heavy atom. The van der Waals surface area contributed by atoms with Gasteiger partial charge in [0.25, 0.3) is 0 Å². The Morgan fingerprint density at radius 1 is 1.29 bits per heavy atom. The molecule has 0 aliphatic rings. The minimum Gasteiger partial charge on any atom is -0.397 e. The number of fused-ring (bicyclic) bond motifs is 1.